The van der Waals surface area contributed by atoms with Crippen LogP contribution in [0.2, 0.25) is 0 Å². The molecule has 3 heterocycles. The Bertz CT molecular complexity index is 1130. The van der Waals surface area contributed by atoms with E-state index in [2.05, 4.69) is 37.1 Å². The van der Waals surface area contributed by atoms with E-state index in [1.165, 1.54) is 6.20 Å². The first-order valence-electron chi connectivity index (χ1n) is 11.8. The summed E-state index contributed by atoms with van der Waals surface area (Å²) in [6, 6.07) is 9.18. The molecule has 0 atom stereocenters. The second kappa shape index (κ2) is 11.8. The standard InChI is InChI=1S/C26H31FN6O2/c1-19-13-21(16-28-15-19)17-29-24(34)14-20-3-5-22(6-4-20)23-18-30-26(31-25(23)27)35-12-11-33-9-7-32(2)8-10-33/h3-6,13,15-16,18H,7-12,14,17H2,1-2H3,(H,29,34). The van der Waals surface area contributed by atoms with Gasteiger partial charge >= 0.3 is 6.01 Å². The molecule has 1 aliphatic heterocycles. The second-order valence-corrected chi connectivity index (χ2v) is 8.87. The van der Waals surface area contributed by atoms with Crippen molar-refractivity contribution in [1.82, 2.24) is 30.1 Å². The van der Waals surface area contributed by atoms with Crippen molar-refractivity contribution in [3.8, 4) is 17.1 Å². The van der Waals surface area contributed by atoms with Gasteiger partial charge < -0.3 is 15.0 Å². The molecule has 0 saturated carbocycles. The van der Waals surface area contributed by atoms with Gasteiger partial charge in [-0.1, -0.05) is 30.3 Å². The minimum atomic E-state index is -0.633. The molecular weight excluding hydrogens is 447 g/mol. The third-order valence-electron chi connectivity index (χ3n) is 6.01. The number of aryl methyl sites for hydroxylation is 1. The first kappa shape index (κ1) is 24.7. The molecule has 1 fully saturated rings. The summed E-state index contributed by atoms with van der Waals surface area (Å²) in [5, 5.41) is 2.90. The number of piperazine rings is 1. The Labute approximate surface area is 205 Å². The van der Waals surface area contributed by atoms with Gasteiger partial charge in [-0.05, 0) is 36.2 Å². The van der Waals surface area contributed by atoms with Crippen molar-refractivity contribution >= 4 is 5.91 Å². The lowest BCUT2D eigenvalue weighted by atomic mass is 10.0. The molecule has 0 bridgehead atoms. The maximum Gasteiger partial charge on any atom is 0.319 e. The normalized spacial score (nSPS) is 14.6. The smallest absolute Gasteiger partial charge is 0.319 e. The van der Waals surface area contributed by atoms with Gasteiger partial charge in [0.25, 0.3) is 0 Å². The maximum atomic E-state index is 14.6. The Morgan fingerprint density at radius 3 is 2.57 bits per heavy atom. The molecule has 8 nitrogen and oxygen atoms in total. The van der Waals surface area contributed by atoms with E-state index in [0.29, 0.717) is 24.3 Å². The highest BCUT2D eigenvalue weighted by Gasteiger charge is 2.14. The number of carbonyl (C=O) groups is 1. The van der Waals surface area contributed by atoms with Gasteiger partial charge in [0, 0.05) is 57.9 Å². The topological polar surface area (TPSA) is 83.5 Å². The molecule has 1 amide bonds. The summed E-state index contributed by atoms with van der Waals surface area (Å²) in [5.74, 6) is -0.723. The van der Waals surface area contributed by atoms with Crippen LogP contribution in [0.25, 0.3) is 11.1 Å². The number of likely N-dealkylation sites (N-methyl/N-ethyl adjacent to an activating group) is 1. The van der Waals surface area contributed by atoms with Crippen molar-refractivity contribution in [1.29, 1.82) is 0 Å². The predicted molar refractivity (Wildman–Crippen MR) is 131 cm³/mol. The number of pyridine rings is 1. The molecule has 3 aromatic rings. The molecule has 2 aromatic heterocycles. The summed E-state index contributed by atoms with van der Waals surface area (Å²) in [4.78, 5) is 29.1. The number of hydrogen-bond acceptors (Lipinski definition) is 7. The van der Waals surface area contributed by atoms with Crippen molar-refractivity contribution < 1.29 is 13.9 Å². The number of nitrogens with zero attached hydrogens (tertiary/aromatic N) is 5. The maximum absolute atomic E-state index is 14.6. The van der Waals surface area contributed by atoms with E-state index in [1.807, 2.05) is 25.1 Å². The van der Waals surface area contributed by atoms with Crippen molar-refractivity contribution in [3.05, 3.63) is 71.6 Å². The zero-order chi connectivity index (χ0) is 24.6. The lowest BCUT2D eigenvalue weighted by Crippen LogP contribution is -2.45. The van der Waals surface area contributed by atoms with Gasteiger partial charge in [0.2, 0.25) is 11.9 Å². The lowest BCUT2D eigenvalue weighted by Gasteiger charge is -2.31. The average Bonchev–Trinajstić information content (AvgIpc) is 2.85. The van der Waals surface area contributed by atoms with Crippen LogP contribution in [-0.2, 0) is 17.8 Å². The van der Waals surface area contributed by atoms with Gasteiger partial charge in [-0.25, -0.2) is 4.98 Å². The molecule has 1 N–H and O–H groups in total. The van der Waals surface area contributed by atoms with Crippen LogP contribution in [0.5, 0.6) is 6.01 Å². The average molecular weight is 479 g/mol. The minimum Gasteiger partial charge on any atom is -0.462 e. The zero-order valence-corrected chi connectivity index (χ0v) is 20.2. The molecule has 4 rings (SSSR count). The van der Waals surface area contributed by atoms with Crippen molar-refractivity contribution in [3.63, 3.8) is 0 Å². The van der Waals surface area contributed by atoms with Crippen LogP contribution in [0.4, 0.5) is 4.39 Å². The number of hydrogen-bond donors (Lipinski definition) is 1. The molecule has 1 saturated heterocycles. The number of carbonyl (C=O) groups excluding carboxylic acids is 1. The Balaban J connectivity index is 1.26. The third-order valence-corrected chi connectivity index (χ3v) is 6.01. The Morgan fingerprint density at radius 2 is 1.86 bits per heavy atom. The van der Waals surface area contributed by atoms with Crippen LogP contribution >= 0.6 is 0 Å². The highest BCUT2D eigenvalue weighted by molar-refractivity contribution is 5.78. The van der Waals surface area contributed by atoms with Crippen molar-refractivity contribution in [2.75, 3.05) is 46.4 Å². The van der Waals surface area contributed by atoms with Crippen LogP contribution < -0.4 is 10.1 Å². The van der Waals surface area contributed by atoms with Crippen LogP contribution in [0.1, 0.15) is 16.7 Å². The molecule has 0 spiro atoms. The zero-order valence-electron chi connectivity index (χ0n) is 20.2. The Morgan fingerprint density at radius 1 is 1.09 bits per heavy atom. The lowest BCUT2D eigenvalue weighted by molar-refractivity contribution is -0.120. The fourth-order valence-electron chi connectivity index (χ4n) is 3.91. The summed E-state index contributed by atoms with van der Waals surface area (Å²) in [6.07, 6.45) is 5.18. The van der Waals surface area contributed by atoms with E-state index in [4.69, 9.17) is 4.74 Å². The monoisotopic (exact) mass is 478 g/mol. The first-order chi connectivity index (χ1) is 17.0. The van der Waals surface area contributed by atoms with Gasteiger partial charge in [-0.2, -0.15) is 9.37 Å². The molecule has 0 unspecified atom stereocenters. The Kier molecular flexibility index (Phi) is 8.33. The summed E-state index contributed by atoms with van der Waals surface area (Å²) >= 11 is 0. The summed E-state index contributed by atoms with van der Waals surface area (Å²) in [5.41, 5.74) is 3.77. The van der Waals surface area contributed by atoms with Crippen LogP contribution in [0.3, 0.4) is 0 Å². The number of benzene rings is 1. The molecule has 0 radical (unpaired) electrons. The number of halogens is 1. The van der Waals surface area contributed by atoms with E-state index in [0.717, 1.165) is 49.4 Å². The number of nitrogens with one attached hydrogen (secondary N) is 1. The molecule has 1 aromatic carbocycles. The second-order valence-electron chi connectivity index (χ2n) is 8.87. The van der Waals surface area contributed by atoms with Crippen molar-refractivity contribution in [2.24, 2.45) is 0 Å². The predicted octanol–water partition coefficient (Wildman–Crippen LogP) is 2.47. The number of aromatic nitrogens is 3. The van der Waals surface area contributed by atoms with Crippen LogP contribution in [0, 0.1) is 12.9 Å². The van der Waals surface area contributed by atoms with Gasteiger partial charge in [0.15, 0.2) is 0 Å². The molecular formula is C26H31FN6O2. The number of amides is 1. The van der Waals surface area contributed by atoms with Gasteiger partial charge in [0.1, 0.15) is 6.61 Å². The van der Waals surface area contributed by atoms with E-state index < -0.39 is 5.95 Å². The van der Waals surface area contributed by atoms with E-state index in [-0.39, 0.29) is 18.3 Å². The molecule has 35 heavy (non-hydrogen) atoms. The summed E-state index contributed by atoms with van der Waals surface area (Å²) in [7, 11) is 2.11. The number of ether oxygens (including phenoxy) is 1. The van der Waals surface area contributed by atoms with E-state index in [1.54, 1.807) is 24.5 Å². The number of rotatable bonds is 9. The van der Waals surface area contributed by atoms with Crippen LogP contribution in [0.15, 0.2) is 48.9 Å². The molecule has 184 valence electrons. The van der Waals surface area contributed by atoms with Crippen molar-refractivity contribution in [2.45, 2.75) is 19.9 Å². The van der Waals surface area contributed by atoms with Gasteiger partial charge in [-0.15, -0.1) is 0 Å². The first-order valence-corrected chi connectivity index (χ1v) is 11.8. The van der Waals surface area contributed by atoms with Gasteiger partial charge in [-0.3, -0.25) is 14.7 Å². The van der Waals surface area contributed by atoms with E-state index in [9.17, 15) is 9.18 Å². The van der Waals surface area contributed by atoms with E-state index >= 15 is 0 Å². The quantitative estimate of drug-likeness (QED) is 0.473. The largest absolute Gasteiger partial charge is 0.462 e. The minimum absolute atomic E-state index is 0.0393. The van der Waals surface area contributed by atoms with Gasteiger partial charge in [0.05, 0.1) is 12.0 Å². The molecule has 0 aliphatic carbocycles. The highest BCUT2D eigenvalue weighted by atomic mass is 19.1. The molecule has 1 aliphatic rings. The SMILES string of the molecule is Cc1cncc(CNC(=O)Cc2ccc(-c3cnc(OCCN4CCN(C)CC4)nc3F)cc2)c1. The summed E-state index contributed by atoms with van der Waals surface area (Å²) in [6.45, 7) is 7.63. The highest BCUT2D eigenvalue weighted by Crippen LogP contribution is 2.23. The fourth-order valence-corrected chi connectivity index (χ4v) is 3.91. The van der Waals surface area contributed by atoms with Crippen LogP contribution in [-0.4, -0.2) is 77.0 Å². The fraction of sp³-hybridized carbons (Fsp3) is 0.385. The molecule has 9 heteroatoms. The summed E-state index contributed by atoms with van der Waals surface area (Å²) < 4.78 is 20.2. The Hall–Kier alpha value is -3.43. The third kappa shape index (κ3) is 7.27.